The molecule has 23 heavy (non-hydrogen) atoms. The summed E-state index contributed by atoms with van der Waals surface area (Å²) in [4.78, 5) is 17.9. The summed E-state index contributed by atoms with van der Waals surface area (Å²) in [6, 6.07) is 11.2. The van der Waals surface area contributed by atoms with Crippen molar-refractivity contribution in [2.24, 2.45) is 0 Å². The van der Waals surface area contributed by atoms with Crippen LogP contribution in [0.25, 0.3) is 0 Å². The van der Waals surface area contributed by atoms with Gasteiger partial charge in [-0.3, -0.25) is 19.9 Å². The van der Waals surface area contributed by atoms with Crippen LogP contribution >= 0.6 is 0 Å². The van der Waals surface area contributed by atoms with Crippen molar-refractivity contribution in [1.82, 2.24) is 15.4 Å². The molecule has 1 amide bonds. The average Bonchev–Trinajstić information content (AvgIpc) is 3.38. The van der Waals surface area contributed by atoms with Gasteiger partial charge in [-0.25, -0.2) is 9.87 Å². The number of carbonyl (C=O) groups is 1. The minimum Gasteiger partial charge on any atom is -0.291 e. The Morgan fingerprint density at radius 3 is 2.70 bits per heavy atom. The summed E-state index contributed by atoms with van der Waals surface area (Å²) in [5.41, 5.74) is 3.18. The van der Waals surface area contributed by atoms with E-state index < -0.39 is 11.7 Å². The van der Waals surface area contributed by atoms with Gasteiger partial charge in [-0.1, -0.05) is 30.3 Å². The van der Waals surface area contributed by atoms with Gasteiger partial charge in [0.1, 0.15) is 5.82 Å². The fourth-order valence-corrected chi connectivity index (χ4v) is 2.98. The first-order valence-electron chi connectivity index (χ1n) is 7.42. The summed E-state index contributed by atoms with van der Waals surface area (Å²) in [6.07, 6.45) is 3.13. The van der Waals surface area contributed by atoms with Gasteiger partial charge in [0.2, 0.25) is 0 Å². The molecule has 0 bridgehead atoms. The average molecular weight is 315 g/mol. The maximum Gasteiger partial charge on any atom is 0.276 e. The molecule has 3 rings (SSSR count). The van der Waals surface area contributed by atoms with Crippen molar-refractivity contribution in [2.75, 3.05) is 7.05 Å². The van der Waals surface area contributed by atoms with Crippen LogP contribution in [0.2, 0.25) is 0 Å². The van der Waals surface area contributed by atoms with Gasteiger partial charge in [-0.15, -0.1) is 0 Å². The van der Waals surface area contributed by atoms with Crippen LogP contribution in [0.1, 0.15) is 34.5 Å². The second-order valence-electron chi connectivity index (χ2n) is 5.84. The summed E-state index contributed by atoms with van der Waals surface area (Å²) in [5, 5.41) is 8.82. The topological polar surface area (TPSA) is 65.5 Å². The fourth-order valence-electron chi connectivity index (χ4n) is 2.98. The standard InChI is InChI=1S/C17H18FN3O2/c1-21(17(7-8-17)12-5-3-2-4-6-12)11-15-14(16(22)20-23)9-13(18)10-19-15/h2-6,9-10,23H,7-8,11H2,1H3,(H,20,22). The van der Waals surface area contributed by atoms with Crippen molar-refractivity contribution in [3.63, 3.8) is 0 Å². The van der Waals surface area contributed by atoms with E-state index >= 15 is 0 Å². The second kappa shape index (κ2) is 6.06. The molecule has 1 aliphatic rings. The van der Waals surface area contributed by atoms with Gasteiger partial charge in [0, 0.05) is 12.1 Å². The Balaban J connectivity index is 1.87. The molecule has 0 unspecified atom stereocenters. The Bertz CT molecular complexity index is 717. The van der Waals surface area contributed by atoms with Crippen molar-refractivity contribution in [3.05, 3.63) is 65.2 Å². The first-order valence-corrected chi connectivity index (χ1v) is 7.42. The predicted octanol–water partition coefficient (Wildman–Crippen LogP) is 2.46. The minimum atomic E-state index is -0.759. The molecule has 0 spiro atoms. The zero-order valence-corrected chi connectivity index (χ0v) is 12.8. The number of carbonyl (C=O) groups excluding carboxylic acids is 1. The van der Waals surface area contributed by atoms with Crippen LogP contribution in [-0.2, 0) is 12.1 Å². The van der Waals surface area contributed by atoms with Crippen LogP contribution in [-0.4, -0.2) is 28.0 Å². The molecule has 0 saturated heterocycles. The maximum atomic E-state index is 13.4. The third kappa shape index (κ3) is 2.95. The number of nitrogens with zero attached hydrogens (tertiary/aromatic N) is 2. The summed E-state index contributed by atoms with van der Waals surface area (Å²) in [7, 11) is 1.96. The summed E-state index contributed by atoms with van der Waals surface area (Å²) >= 11 is 0. The number of hydroxylamine groups is 1. The lowest BCUT2D eigenvalue weighted by molar-refractivity contribution is 0.0702. The number of benzene rings is 1. The van der Waals surface area contributed by atoms with Gasteiger partial charge in [0.05, 0.1) is 17.5 Å². The zero-order valence-electron chi connectivity index (χ0n) is 12.8. The molecule has 0 radical (unpaired) electrons. The lowest BCUT2D eigenvalue weighted by atomic mass is 10.0. The molecule has 1 aromatic heterocycles. The van der Waals surface area contributed by atoms with Gasteiger partial charge in [-0.05, 0) is 31.5 Å². The van der Waals surface area contributed by atoms with Gasteiger partial charge in [0.25, 0.3) is 5.91 Å². The van der Waals surface area contributed by atoms with Crippen LogP contribution in [0.3, 0.4) is 0 Å². The van der Waals surface area contributed by atoms with Crippen LogP contribution in [0.4, 0.5) is 4.39 Å². The SMILES string of the molecule is CN(Cc1ncc(F)cc1C(=O)NO)C1(c2ccccc2)CC1. The molecule has 120 valence electrons. The first-order chi connectivity index (χ1) is 11.1. The highest BCUT2D eigenvalue weighted by Gasteiger charge is 2.47. The number of halogens is 1. The summed E-state index contributed by atoms with van der Waals surface area (Å²) < 4.78 is 13.4. The third-order valence-electron chi connectivity index (χ3n) is 4.44. The van der Waals surface area contributed by atoms with Crippen LogP contribution in [0, 0.1) is 5.82 Å². The zero-order chi connectivity index (χ0) is 16.4. The number of aromatic nitrogens is 1. The highest BCUT2D eigenvalue weighted by molar-refractivity contribution is 5.94. The van der Waals surface area contributed by atoms with E-state index in [-0.39, 0.29) is 11.1 Å². The normalized spacial score (nSPS) is 15.5. The number of pyridine rings is 1. The Morgan fingerprint density at radius 2 is 2.09 bits per heavy atom. The number of rotatable bonds is 5. The van der Waals surface area contributed by atoms with E-state index in [1.807, 2.05) is 25.2 Å². The van der Waals surface area contributed by atoms with E-state index in [2.05, 4.69) is 22.0 Å². The van der Waals surface area contributed by atoms with Crippen molar-refractivity contribution in [1.29, 1.82) is 0 Å². The minimum absolute atomic E-state index is 0.0446. The Hall–Kier alpha value is -2.31. The Labute approximate surface area is 133 Å². The van der Waals surface area contributed by atoms with Crippen molar-refractivity contribution >= 4 is 5.91 Å². The van der Waals surface area contributed by atoms with E-state index in [4.69, 9.17) is 5.21 Å². The highest BCUT2D eigenvalue weighted by atomic mass is 19.1. The monoisotopic (exact) mass is 315 g/mol. The molecule has 5 nitrogen and oxygen atoms in total. The molecular weight excluding hydrogens is 297 g/mol. The lowest BCUT2D eigenvalue weighted by Gasteiger charge is -2.28. The molecular formula is C17H18FN3O2. The molecule has 2 aromatic rings. The van der Waals surface area contributed by atoms with E-state index in [0.717, 1.165) is 25.1 Å². The molecule has 1 aliphatic carbocycles. The Morgan fingerprint density at radius 1 is 1.39 bits per heavy atom. The molecule has 2 N–H and O–H groups in total. The fraction of sp³-hybridized carbons (Fsp3) is 0.294. The van der Waals surface area contributed by atoms with Gasteiger partial charge in [0.15, 0.2) is 0 Å². The van der Waals surface area contributed by atoms with E-state index in [1.165, 1.54) is 5.56 Å². The maximum absolute atomic E-state index is 13.4. The van der Waals surface area contributed by atoms with Crippen LogP contribution < -0.4 is 5.48 Å². The third-order valence-corrected chi connectivity index (χ3v) is 4.44. The van der Waals surface area contributed by atoms with E-state index in [0.29, 0.717) is 12.2 Å². The lowest BCUT2D eigenvalue weighted by Crippen LogP contribution is -2.33. The van der Waals surface area contributed by atoms with Gasteiger partial charge >= 0.3 is 0 Å². The first kappa shape index (κ1) is 15.6. The molecule has 0 atom stereocenters. The van der Waals surface area contributed by atoms with Crippen LogP contribution in [0.15, 0.2) is 42.6 Å². The smallest absolute Gasteiger partial charge is 0.276 e. The van der Waals surface area contributed by atoms with Crippen molar-refractivity contribution in [2.45, 2.75) is 24.9 Å². The number of amides is 1. The molecule has 0 aliphatic heterocycles. The van der Waals surface area contributed by atoms with Gasteiger partial charge < -0.3 is 0 Å². The number of hydrogen-bond acceptors (Lipinski definition) is 4. The quantitative estimate of drug-likeness (QED) is 0.657. The molecule has 1 aromatic carbocycles. The highest BCUT2D eigenvalue weighted by Crippen LogP contribution is 2.50. The van der Waals surface area contributed by atoms with Gasteiger partial charge in [-0.2, -0.15) is 0 Å². The number of hydrogen-bond donors (Lipinski definition) is 2. The largest absolute Gasteiger partial charge is 0.291 e. The molecule has 1 heterocycles. The molecule has 1 saturated carbocycles. The molecule has 6 heteroatoms. The van der Waals surface area contributed by atoms with Crippen molar-refractivity contribution in [3.8, 4) is 0 Å². The van der Waals surface area contributed by atoms with E-state index in [9.17, 15) is 9.18 Å². The van der Waals surface area contributed by atoms with Crippen molar-refractivity contribution < 1.29 is 14.4 Å². The predicted molar refractivity (Wildman–Crippen MR) is 82.3 cm³/mol. The second-order valence-corrected chi connectivity index (χ2v) is 5.84. The summed E-state index contributed by atoms with van der Waals surface area (Å²) in [5.74, 6) is -1.37. The van der Waals surface area contributed by atoms with Crippen LogP contribution in [0.5, 0.6) is 0 Å². The number of nitrogens with one attached hydrogen (secondary N) is 1. The summed E-state index contributed by atoms with van der Waals surface area (Å²) in [6.45, 7) is 0.387. The Kier molecular flexibility index (Phi) is 4.11. The molecule has 1 fully saturated rings. The van der Waals surface area contributed by atoms with E-state index in [1.54, 1.807) is 5.48 Å².